The molecule has 0 N–H and O–H groups in total. The van der Waals surface area contributed by atoms with Crippen LogP contribution in [-0.4, -0.2) is 33.2 Å². The highest BCUT2D eigenvalue weighted by Gasteiger charge is 2.60. The molecular weight excluding hydrogens is 348 g/mol. The first kappa shape index (κ1) is 20.6. The summed E-state index contributed by atoms with van der Waals surface area (Å²) in [5.41, 5.74) is 0.682. The molecule has 3 fully saturated rings. The van der Waals surface area contributed by atoms with E-state index < -0.39 is 0 Å². The summed E-state index contributed by atoms with van der Waals surface area (Å²) in [6.45, 7) is 6.02. The van der Waals surface area contributed by atoms with Gasteiger partial charge in [0, 0.05) is 20.1 Å². The Morgan fingerprint density at radius 1 is 0.964 bits per heavy atom. The van der Waals surface area contributed by atoms with Gasteiger partial charge in [-0.3, -0.25) is 4.79 Å². The predicted molar refractivity (Wildman–Crippen MR) is 112 cm³/mol. The normalized spacial score (nSPS) is 44.8. The fraction of sp³-hybridized carbons (Fsp3) is 0.880. The molecule has 28 heavy (non-hydrogen) atoms. The quantitative estimate of drug-likeness (QED) is 0.580. The number of rotatable bonds is 6. The van der Waals surface area contributed by atoms with Gasteiger partial charge in [0.1, 0.15) is 5.78 Å². The maximum atomic E-state index is 13.5. The van der Waals surface area contributed by atoms with Gasteiger partial charge >= 0.3 is 0 Å². The fourth-order valence-corrected chi connectivity index (χ4v) is 8.20. The minimum absolute atomic E-state index is 0.106. The zero-order chi connectivity index (χ0) is 19.9. The van der Waals surface area contributed by atoms with Crippen molar-refractivity contribution in [2.24, 2.45) is 46.3 Å². The number of carbonyl (C=O) groups is 1. The molecule has 0 aromatic rings. The largest absolute Gasteiger partial charge is 0.384 e. The van der Waals surface area contributed by atoms with Crippen molar-refractivity contribution < 1.29 is 14.3 Å². The second-order valence-corrected chi connectivity index (χ2v) is 10.8. The molecule has 3 saturated carbocycles. The second kappa shape index (κ2) is 7.87. The lowest BCUT2D eigenvalue weighted by Crippen LogP contribution is -2.53. The molecule has 158 valence electrons. The number of Topliss-reactive ketones (excluding diaryl/α,β-unsaturated/α-hetero) is 1. The van der Waals surface area contributed by atoms with Crippen LogP contribution >= 0.6 is 0 Å². The molecule has 0 spiro atoms. The van der Waals surface area contributed by atoms with Gasteiger partial charge in [-0.25, -0.2) is 0 Å². The number of carbonyl (C=O) groups excluding carboxylic acids is 1. The van der Waals surface area contributed by atoms with Crippen molar-refractivity contribution in [1.29, 1.82) is 0 Å². The molecule has 3 heteroatoms. The Hall–Kier alpha value is -0.670. The van der Waals surface area contributed by atoms with Gasteiger partial charge in [0.2, 0.25) is 0 Å². The van der Waals surface area contributed by atoms with Crippen molar-refractivity contribution in [1.82, 2.24) is 0 Å². The highest BCUT2D eigenvalue weighted by Crippen LogP contribution is 2.67. The molecule has 4 rings (SSSR count). The Kier molecular flexibility index (Phi) is 5.79. The van der Waals surface area contributed by atoms with Crippen molar-refractivity contribution >= 4 is 5.78 Å². The maximum absolute atomic E-state index is 13.5. The van der Waals surface area contributed by atoms with Crippen LogP contribution in [0.15, 0.2) is 12.2 Å². The van der Waals surface area contributed by atoms with Crippen molar-refractivity contribution in [3.8, 4) is 0 Å². The smallest absolute Gasteiger partial charge is 0.144 e. The molecule has 4 aliphatic carbocycles. The Bertz CT molecular complexity index is 607. The lowest BCUT2D eigenvalue weighted by molar-refractivity contribution is -0.140. The average molecular weight is 389 g/mol. The monoisotopic (exact) mass is 388 g/mol. The SMILES string of the molecule is COCC(COC)C(=O)[C@H]1CC[C@H]2[C@@H]3CC[C@H]4CC=CC[C@]4(C)[C@H]3CC[C@]12C. The Morgan fingerprint density at radius 3 is 2.39 bits per heavy atom. The third-order valence-corrected chi connectivity index (χ3v) is 9.69. The van der Waals surface area contributed by atoms with Crippen molar-refractivity contribution in [2.45, 2.75) is 65.2 Å². The fourth-order valence-electron chi connectivity index (χ4n) is 8.20. The van der Waals surface area contributed by atoms with E-state index in [1.54, 1.807) is 14.2 Å². The number of ether oxygens (including phenoxy) is 2. The molecule has 4 aliphatic rings. The molecule has 0 unspecified atom stereocenters. The third kappa shape index (κ3) is 3.12. The molecule has 0 aromatic carbocycles. The van der Waals surface area contributed by atoms with Gasteiger partial charge < -0.3 is 9.47 Å². The Labute approximate surface area is 171 Å². The van der Waals surface area contributed by atoms with Gasteiger partial charge in [0.05, 0.1) is 19.1 Å². The van der Waals surface area contributed by atoms with E-state index in [2.05, 4.69) is 26.0 Å². The van der Waals surface area contributed by atoms with Gasteiger partial charge in [-0.2, -0.15) is 0 Å². The lowest BCUT2D eigenvalue weighted by atomic mass is 9.45. The minimum Gasteiger partial charge on any atom is -0.384 e. The number of fused-ring (bicyclic) bond motifs is 5. The highest BCUT2D eigenvalue weighted by atomic mass is 16.5. The van der Waals surface area contributed by atoms with E-state index in [1.807, 2.05) is 0 Å². The summed E-state index contributed by atoms with van der Waals surface area (Å²) in [7, 11) is 3.39. The first-order valence-electron chi connectivity index (χ1n) is 11.6. The van der Waals surface area contributed by atoms with Crippen LogP contribution in [0.4, 0.5) is 0 Å². The number of allylic oxidation sites excluding steroid dienone is 2. The molecule has 0 amide bonds. The van der Waals surface area contributed by atoms with Crippen LogP contribution in [0.1, 0.15) is 65.2 Å². The van der Waals surface area contributed by atoms with E-state index in [4.69, 9.17) is 9.47 Å². The first-order chi connectivity index (χ1) is 13.5. The summed E-state index contributed by atoms with van der Waals surface area (Å²) in [5.74, 6) is 3.80. The molecule has 0 saturated heterocycles. The zero-order valence-electron chi connectivity index (χ0n) is 18.4. The van der Waals surface area contributed by atoms with E-state index in [0.717, 1.165) is 30.1 Å². The van der Waals surface area contributed by atoms with Gasteiger partial charge in [0.25, 0.3) is 0 Å². The summed E-state index contributed by atoms with van der Waals surface area (Å²) >= 11 is 0. The molecule has 0 aliphatic heterocycles. The summed E-state index contributed by atoms with van der Waals surface area (Å²) in [4.78, 5) is 13.5. The molecule has 0 radical (unpaired) electrons. The van der Waals surface area contributed by atoms with Gasteiger partial charge in [0.15, 0.2) is 0 Å². The van der Waals surface area contributed by atoms with Crippen molar-refractivity contribution in [2.75, 3.05) is 27.4 Å². The molecule has 7 atom stereocenters. The third-order valence-electron chi connectivity index (χ3n) is 9.69. The maximum Gasteiger partial charge on any atom is 0.144 e. The predicted octanol–water partition coefficient (Wildman–Crippen LogP) is 5.29. The van der Waals surface area contributed by atoms with Gasteiger partial charge in [-0.15, -0.1) is 0 Å². The minimum atomic E-state index is -0.106. The van der Waals surface area contributed by atoms with Crippen LogP contribution in [0.2, 0.25) is 0 Å². The molecule has 0 aromatic heterocycles. The number of ketones is 1. The van der Waals surface area contributed by atoms with E-state index >= 15 is 0 Å². The molecular formula is C25H40O3. The molecule has 0 bridgehead atoms. The van der Waals surface area contributed by atoms with E-state index in [-0.39, 0.29) is 17.3 Å². The number of hydrogen-bond acceptors (Lipinski definition) is 3. The first-order valence-corrected chi connectivity index (χ1v) is 11.6. The van der Waals surface area contributed by atoms with Gasteiger partial charge in [-0.05, 0) is 85.9 Å². The number of hydrogen-bond donors (Lipinski definition) is 0. The average Bonchev–Trinajstić information content (AvgIpc) is 3.04. The second-order valence-electron chi connectivity index (χ2n) is 10.8. The van der Waals surface area contributed by atoms with Crippen LogP contribution in [0, 0.1) is 46.3 Å². The molecule has 3 nitrogen and oxygen atoms in total. The lowest BCUT2D eigenvalue weighted by Gasteiger charge is -2.59. The van der Waals surface area contributed by atoms with Crippen LogP contribution in [0.25, 0.3) is 0 Å². The summed E-state index contributed by atoms with van der Waals surface area (Å²) in [6.07, 6.45) is 15.1. The van der Waals surface area contributed by atoms with E-state index in [0.29, 0.717) is 24.4 Å². The molecule has 0 heterocycles. The summed E-state index contributed by atoms with van der Waals surface area (Å²) < 4.78 is 10.7. The Morgan fingerprint density at radius 2 is 1.68 bits per heavy atom. The summed E-state index contributed by atoms with van der Waals surface area (Å²) in [5, 5.41) is 0. The van der Waals surface area contributed by atoms with Crippen LogP contribution in [0.5, 0.6) is 0 Å². The van der Waals surface area contributed by atoms with Crippen LogP contribution < -0.4 is 0 Å². The number of methoxy groups -OCH3 is 2. The van der Waals surface area contributed by atoms with E-state index in [1.165, 1.54) is 44.9 Å². The highest BCUT2D eigenvalue weighted by molar-refractivity contribution is 5.85. The standard InChI is InChI=1S/C25H40O3/c1-24-13-6-5-7-18(24)8-9-19-20-10-11-22(25(20,2)14-12-21(19)24)23(26)17(15-27-3)16-28-4/h5-6,17-22H,7-16H2,1-4H3/t18-,19+,20+,21+,22-,24+,25+/m1/s1. The van der Waals surface area contributed by atoms with Crippen LogP contribution in [0.3, 0.4) is 0 Å². The van der Waals surface area contributed by atoms with Crippen LogP contribution in [-0.2, 0) is 14.3 Å². The van der Waals surface area contributed by atoms with E-state index in [9.17, 15) is 4.79 Å². The van der Waals surface area contributed by atoms with Gasteiger partial charge in [-0.1, -0.05) is 26.0 Å². The topological polar surface area (TPSA) is 35.5 Å². The Balaban J connectivity index is 1.55. The summed E-state index contributed by atoms with van der Waals surface area (Å²) in [6, 6.07) is 0. The zero-order valence-corrected chi connectivity index (χ0v) is 18.4. The van der Waals surface area contributed by atoms with Crippen molar-refractivity contribution in [3.63, 3.8) is 0 Å². The van der Waals surface area contributed by atoms with Crippen molar-refractivity contribution in [3.05, 3.63) is 12.2 Å².